The van der Waals surface area contributed by atoms with Gasteiger partial charge >= 0.3 is 11.9 Å². The monoisotopic (exact) mass is 454 g/mol. The molecule has 0 aromatic heterocycles. The molecule has 0 saturated carbocycles. The van der Waals surface area contributed by atoms with Crippen molar-refractivity contribution in [1.29, 1.82) is 0 Å². The molecule has 0 saturated heterocycles. The molecule has 2 aromatic rings. The number of carbonyl (C=O) groups is 2. The second kappa shape index (κ2) is 15.9. The molecule has 0 N–H and O–H groups in total. The highest BCUT2D eigenvalue weighted by atomic mass is 16.5. The van der Waals surface area contributed by atoms with E-state index in [0.29, 0.717) is 18.8 Å². The van der Waals surface area contributed by atoms with Crippen LogP contribution in [0.2, 0.25) is 0 Å². The molecule has 0 aliphatic carbocycles. The third-order valence-electron chi connectivity index (χ3n) is 5.40. The molecule has 180 valence electrons. The molecular weight excluding hydrogens is 416 g/mol. The van der Waals surface area contributed by atoms with Crippen molar-refractivity contribution in [3.8, 4) is 16.9 Å². The van der Waals surface area contributed by atoms with Crippen molar-refractivity contribution in [2.75, 3.05) is 19.8 Å². The summed E-state index contributed by atoms with van der Waals surface area (Å²) in [5.41, 5.74) is 2.68. The van der Waals surface area contributed by atoms with Gasteiger partial charge in [0.1, 0.15) is 5.75 Å². The zero-order valence-corrected chi connectivity index (χ0v) is 20.1. The number of rotatable bonds is 16. The average Bonchev–Trinajstić information content (AvgIpc) is 2.83. The molecule has 0 spiro atoms. The molecule has 33 heavy (non-hydrogen) atoms. The van der Waals surface area contributed by atoms with Crippen LogP contribution in [0.4, 0.5) is 0 Å². The van der Waals surface area contributed by atoms with Crippen LogP contribution < -0.4 is 4.74 Å². The Labute approximate surface area is 198 Å². The van der Waals surface area contributed by atoms with Gasteiger partial charge in [0.2, 0.25) is 0 Å². The predicted octanol–water partition coefficient (Wildman–Crippen LogP) is 6.98. The van der Waals surface area contributed by atoms with Gasteiger partial charge in [0.15, 0.2) is 0 Å². The fourth-order valence-corrected chi connectivity index (χ4v) is 3.46. The normalized spacial score (nSPS) is 10.6. The Bertz CT molecular complexity index is 811. The third-order valence-corrected chi connectivity index (χ3v) is 5.40. The Balaban J connectivity index is 1.68. The van der Waals surface area contributed by atoms with Crippen molar-refractivity contribution in [3.63, 3.8) is 0 Å². The molecule has 5 heteroatoms. The first-order chi connectivity index (χ1) is 16.1. The molecule has 0 aliphatic rings. The minimum atomic E-state index is -0.302. The van der Waals surface area contributed by atoms with Crippen molar-refractivity contribution in [3.05, 3.63) is 54.1 Å². The number of hydrogen-bond donors (Lipinski definition) is 0. The number of benzene rings is 2. The SMILES string of the molecule is CCCCCCCOc1ccc(-c2ccc(C(=O)OCCCCCCOC(C)=O)cc2)cc1. The van der Waals surface area contributed by atoms with Crippen LogP contribution in [0.15, 0.2) is 48.5 Å². The smallest absolute Gasteiger partial charge is 0.338 e. The quantitative estimate of drug-likeness (QED) is 0.202. The fraction of sp³-hybridized carbons (Fsp3) is 0.500. The van der Waals surface area contributed by atoms with Crippen molar-refractivity contribution >= 4 is 11.9 Å². The van der Waals surface area contributed by atoms with Gasteiger partial charge in [0, 0.05) is 6.92 Å². The summed E-state index contributed by atoms with van der Waals surface area (Å²) in [6, 6.07) is 15.6. The van der Waals surface area contributed by atoms with Gasteiger partial charge in [-0.25, -0.2) is 4.79 Å². The van der Waals surface area contributed by atoms with E-state index in [1.165, 1.54) is 32.6 Å². The van der Waals surface area contributed by atoms with Gasteiger partial charge in [-0.15, -0.1) is 0 Å². The standard InChI is InChI=1S/C28H38O5/c1-3-4-5-6-10-21-32-27-18-16-25(17-19-27)24-12-14-26(15-13-24)28(30)33-22-11-8-7-9-20-31-23(2)29/h12-19H,3-11,20-22H2,1-2H3. The first kappa shape index (κ1) is 26.4. The second-order valence-electron chi connectivity index (χ2n) is 8.25. The number of hydrogen-bond acceptors (Lipinski definition) is 5. The second-order valence-corrected chi connectivity index (χ2v) is 8.25. The summed E-state index contributed by atoms with van der Waals surface area (Å²) < 4.78 is 16.1. The van der Waals surface area contributed by atoms with E-state index in [0.717, 1.165) is 55.6 Å². The highest BCUT2D eigenvalue weighted by Gasteiger charge is 2.08. The van der Waals surface area contributed by atoms with E-state index in [-0.39, 0.29) is 11.9 Å². The lowest BCUT2D eigenvalue weighted by Crippen LogP contribution is -2.06. The molecule has 0 atom stereocenters. The van der Waals surface area contributed by atoms with E-state index in [1.807, 2.05) is 36.4 Å². The molecule has 2 aromatic carbocycles. The lowest BCUT2D eigenvalue weighted by atomic mass is 10.0. The van der Waals surface area contributed by atoms with Crippen molar-refractivity contribution < 1.29 is 23.8 Å². The van der Waals surface area contributed by atoms with Crippen molar-refractivity contribution in [2.45, 2.75) is 71.6 Å². The van der Waals surface area contributed by atoms with Gasteiger partial charge in [0.25, 0.3) is 0 Å². The summed E-state index contributed by atoms with van der Waals surface area (Å²) in [6.07, 6.45) is 9.67. The van der Waals surface area contributed by atoms with Gasteiger partial charge < -0.3 is 14.2 Å². The van der Waals surface area contributed by atoms with E-state index in [2.05, 4.69) is 6.92 Å². The van der Waals surface area contributed by atoms with Crippen molar-refractivity contribution in [2.24, 2.45) is 0 Å². The van der Waals surface area contributed by atoms with E-state index in [9.17, 15) is 9.59 Å². The number of ether oxygens (including phenoxy) is 3. The van der Waals surface area contributed by atoms with Gasteiger partial charge in [0.05, 0.1) is 25.4 Å². The Morgan fingerprint density at radius 2 is 1.15 bits per heavy atom. The van der Waals surface area contributed by atoms with E-state index in [4.69, 9.17) is 14.2 Å². The zero-order valence-electron chi connectivity index (χ0n) is 20.1. The van der Waals surface area contributed by atoms with Gasteiger partial charge in [-0.05, 0) is 67.5 Å². The van der Waals surface area contributed by atoms with Crippen LogP contribution in [0.5, 0.6) is 5.75 Å². The number of esters is 2. The first-order valence-corrected chi connectivity index (χ1v) is 12.2. The molecule has 2 rings (SSSR count). The van der Waals surface area contributed by atoms with Crippen LogP contribution in [-0.2, 0) is 14.3 Å². The fourth-order valence-electron chi connectivity index (χ4n) is 3.46. The molecule has 0 unspecified atom stereocenters. The summed E-state index contributed by atoms with van der Waals surface area (Å²) in [7, 11) is 0. The predicted molar refractivity (Wildman–Crippen MR) is 132 cm³/mol. The van der Waals surface area contributed by atoms with Gasteiger partial charge in [-0.1, -0.05) is 56.9 Å². The van der Waals surface area contributed by atoms with Crippen LogP contribution in [0.1, 0.15) is 82.0 Å². The molecule has 0 radical (unpaired) electrons. The highest BCUT2D eigenvalue weighted by Crippen LogP contribution is 2.23. The lowest BCUT2D eigenvalue weighted by molar-refractivity contribution is -0.141. The minimum Gasteiger partial charge on any atom is -0.494 e. The van der Waals surface area contributed by atoms with Gasteiger partial charge in [-0.2, -0.15) is 0 Å². The maximum absolute atomic E-state index is 12.2. The van der Waals surface area contributed by atoms with Crippen LogP contribution in [0, 0.1) is 0 Å². The topological polar surface area (TPSA) is 61.8 Å². The first-order valence-electron chi connectivity index (χ1n) is 12.2. The maximum atomic E-state index is 12.2. The summed E-state index contributed by atoms with van der Waals surface area (Å²) >= 11 is 0. The summed E-state index contributed by atoms with van der Waals surface area (Å²) in [5.74, 6) is 0.342. The van der Waals surface area contributed by atoms with Crippen LogP contribution >= 0.6 is 0 Å². The molecule has 0 aliphatic heterocycles. The average molecular weight is 455 g/mol. The zero-order chi connectivity index (χ0) is 23.7. The lowest BCUT2D eigenvalue weighted by Gasteiger charge is -2.08. The van der Waals surface area contributed by atoms with E-state index in [1.54, 1.807) is 12.1 Å². The van der Waals surface area contributed by atoms with Gasteiger partial charge in [-0.3, -0.25) is 4.79 Å². The number of unbranched alkanes of at least 4 members (excludes halogenated alkanes) is 7. The molecule has 0 amide bonds. The molecular formula is C28H38O5. The molecule has 0 fully saturated rings. The van der Waals surface area contributed by atoms with Crippen LogP contribution in [-0.4, -0.2) is 31.8 Å². The van der Waals surface area contributed by atoms with Crippen LogP contribution in [0.25, 0.3) is 11.1 Å². The minimum absolute atomic E-state index is 0.246. The van der Waals surface area contributed by atoms with Crippen molar-refractivity contribution in [1.82, 2.24) is 0 Å². The Hall–Kier alpha value is -2.82. The summed E-state index contributed by atoms with van der Waals surface area (Å²) in [5, 5.41) is 0. The molecule has 5 nitrogen and oxygen atoms in total. The Kier molecular flexibility index (Phi) is 12.7. The summed E-state index contributed by atoms with van der Waals surface area (Å²) in [6.45, 7) is 5.24. The molecule has 0 heterocycles. The highest BCUT2D eigenvalue weighted by molar-refractivity contribution is 5.90. The maximum Gasteiger partial charge on any atom is 0.338 e. The van der Waals surface area contributed by atoms with E-state index < -0.39 is 0 Å². The Morgan fingerprint density at radius 3 is 1.73 bits per heavy atom. The van der Waals surface area contributed by atoms with Crippen LogP contribution in [0.3, 0.4) is 0 Å². The molecule has 0 bridgehead atoms. The summed E-state index contributed by atoms with van der Waals surface area (Å²) in [4.78, 5) is 22.9. The third kappa shape index (κ3) is 11.0. The Morgan fingerprint density at radius 1 is 0.636 bits per heavy atom. The number of carbonyl (C=O) groups excluding carboxylic acids is 2. The largest absolute Gasteiger partial charge is 0.494 e. The van der Waals surface area contributed by atoms with E-state index >= 15 is 0 Å².